The second-order valence-electron chi connectivity index (χ2n) is 9.16. The number of hydrogen-bond donors (Lipinski definition) is 2. The zero-order valence-electron chi connectivity index (χ0n) is 22.3. The van der Waals surface area contributed by atoms with E-state index in [1.165, 1.54) is 18.3 Å². The number of alkyl halides is 3. The van der Waals surface area contributed by atoms with E-state index in [2.05, 4.69) is 32.9 Å². The molecule has 1 aromatic carbocycles. The summed E-state index contributed by atoms with van der Waals surface area (Å²) in [6, 6.07) is 9.33. The van der Waals surface area contributed by atoms with Gasteiger partial charge in [-0.2, -0.15) is 0 Å². The van der Waals surface area contributed by atoms with Gasteiger partial charge in [0.1, 0.15) is 0 Å². The standard InChI is InChI=1S/C28H42I2O6/c1-21(2)12-10-13-22(3)14-11-15-23(4)18-19-26(30(33,34)35)27(31)29(5)25(28(32)36-6)20-24-16-8-7-9-17-24/h7-9,12,14,16-18,25-26H,10-11,13,15,19-20H2,1-6H3,(H2,33,34,35)/b22-14+,23-18+/t25-,26?/m1/s1. The van der Waals surface area contributed by atoms with Crippen LogP contribution >= 0.6 is 39.1 Å². The van der Waals surface area contributed by atoms with Gasteiger partial charge in [-0.3, -0.25) is 0 Å². The van der Waals surface area contributed by atoms with Crippen LogP contribution in [0.25, 0.3) is 0 Å². The number of allylic oxidation sites excluding steroid dienone is 6. The van der Waals surface area contributed by atoms with Crippen molar-refractivity contribution in [2.75, 3.05) is 12.0 Å². The molecule has 1 rings (SSSR count). The van der Waals surface area contributed by atoms with Crippen molar-refractivity contribution in [2.24, 2.45) is 0 Å². The minimum atomic E-state index is -5.48. The van der Waals surface area contributed by atoms with Gasteiger partial charge in [0.2, 0.25) is 0 Å². The predicted octanol–water partition coefficient (Wildman–Crippen LogP) is 6.81. The summed E-state index contributed by atoms with van der Waals surface area (Å²) in [6.07, 6.45) is 10.2. The molecule has 0 spiro atoms. The van der Waals surface area contributed by atoms with Crippen LogP contribution in [0, 0.1) is 0 Å². The Morgan fingerprint density at radius 3 is 2.06 bits per heavy atom. The molecule has 0 aromatic heterocycles. The number of hydrogen-bond acceptors (Lipinski definition) is 4. The van der Waals surface area contributed by atoms with Crippen molar-refractivity contribution >= 4 is 48.8 Å². The molecule has 0 aliphatic rings. The molecule has 204 valence electrons. The van der Waals surface area contributed by atoms with Crippen molar-refractivity contribution in [1.29, 1.82) is 0 Å². The average molecular weight is 728 g/mol. The van der Waals surface area contributed by atoms with E-state index in [4.69, 9.17) is 4.74 Å². The number of rotatable bonds is 15. The van der Waals surface area contributed by atoms with Gasteiger partial charge in [-0.05, 0) is 13.8 Å². The van der Waals surface area contributed by atoms with Gasteiger partial charge in [-0.1, -0.05) is 0 Å². The molecular weight excluding hydrogens is 686 g/mol. The second-order valence-corrected chi connectivity index (χ2v) is 19.0. The molecule has 0 bridgehead atoms. The van der Waals surface area contributed by atoms with E-state index in [0.29, 0.717) is 6.42 Å². The second kappa shape index (κ2) is 16.6. The molecule has 36 heavy (non-hydrogen) atoms. The Balaban J connectivity index is 2.90. The van der Waals surface area contributed by atoms with E-state index in [9.17, 15) is 19.5 Å². The Hall–Kier alpha value is -1.24. The molecule has 0 amide bonds. The Labute approximate surface area is 228 Å². The number of benzene rings is 1. The summed E-state index contributed by atoms with van der Waals surface area (Å²) < 4.78 is 35.0. The van der Waals surface area contributed by atoms with Gasteiger partial charge in [-0.15, -0.1) is 0 Å². The monoisotopic (exact) mass is 728 g/mol. The van der Waals surface area contributed by atoms with Crippen molar-refractivity contribution < 1.29 is 24.3 Å². The van der Waals surface area contributed by atoms with E-state index in [-0.39, 0.29) is 6.42 Å². The molecule has 0 fully saturated rings. The topological polar surface area (TPSA) is 101 Å². The third-order valence-corrected chi connectivity index (χ3v) is 15.6. The summed E-state index contributed by atoms with van der Waals surface area (Å²) in [7, 11) is 1.28. The van der Waals surface area contributed by atoms with Crippen molar-refractivity contribution in [2.45, 2.75) is 74.1 Å². The molecule has 6 nitrogen and oxygen atoms in total. The van der Waals surface area contributed by atoms with Crippen LogP contribution in [0.4, 0.5) is 0 Å². The van der Waals surface area contributed by atoms with Crippen LogP contribution in [0.3, 0.4) is 0 Å². The van der Waals surface area contributed by atoms with Crippen molar-refractivity contribution in [3.63, 3.8) is 0 Å². The number of carbonyl (C=O) groups is 2. The maximum atomic E-state index is 13.3. The van der Waals surface area contributed by atoms with Crippen LogP contribution in [0.15, 0.2) is 65.3 Å². The van der Waals surface area contributed by atoms with Crippen LogP contribution in [0.2, 0.25) is 0 Å². The van der Waals surface area contributed by atoms with E-state index in [0.717, 1.165) is 36.8 Å². The quantitative estimate of drug-likeness (QED) is 0.0677. The van der Waals surface area contributed by atoms with Crippen LogP contribution < -0.4 is 0 Å². The molecule has 2 N–H and O–H groups in total. The zero-order chi connectivity index (χ0) is 27.3. The SMILES string of the molecule is COC(=O)[C@@H](Cc1ccccc1)I(C)C(=O)C(C/C=C(\C)CC/C=C(\C)CCC=C(C)C)I(=O)(O)O. The third-order valence-electron chi connectivity index (χ3n) is 5.79. The van der Waals surface area contributed by atoms with Crippen LogP contribution in [-0.2, 0) is 23.8 Å². The number of halogens is 2. The van der Waals surface area contributed by atoms with Gasteiger partial charge < -0.3 is 0 Å². The predicted molar refractivity (Wildman–Crippen MR) is 164 cm³/mol. The summed E-state index contributed by atoms with van der Waals surface area (Å²) in [5.41, 5.74) is 4.52. The fraction of sp³-hybridized carbons (Fsp3) is 0.500. The van der Waals surface area contributed by atoms with E-state index in [1.54, 1.807) is 11.0 Å². The van der Waals surface area contributed by atoms with Gasteiger partial charge in [0.15, 0.2) is 0 Å². The summed E-state index contributed by atoms with van der Waals surface area (Å²) in [6.45, 7) is 8.22. The van der Waals surface area contributed by atoms with Crippen molar-refractivity contribution in [3.05, 3.63) is 70.8 Å². The van der Waals surface area contributed by atoms with Gasteiger partial charge in [0.25, 0.3) is 0 Å². The first kappa shape index (κ1) is 32.8. The Bertz CT molecular complexity index is 987. The summed E-state index contributed by atoms with van der Waals surface area (Å²) >= 11 is -8.26. The van der Waals surface area contributed by atoms with Crippen LogP contribution in [0.5, 0.6) is 0 Å². The number of ether oxygens (including phenoxy) is 1. The molecule has 1 unspecified atom stereocenters. The average Bonchev–Trinajstić information content (AvgIpc) is 2.81. The molecule has 0 aliphatic heterocycles. The maximum absolute atomic E-state index is 13.3. The molecular formula is C28H42I2O6. The normalized spacial score (nSPS) is 15.1. The summed E-state index contributed by atoms with van der Waals surface area (Å²) in [4.78, 5) is 27.6. The fourth-order valence-electron chi connectivity index (χ4n) is 3.56. The summed E-state index contributed by atoms with van der Waals surface area (Å²) in [5.74, 6) is -0.490. The molecule has 0 saturated heterocycles. The number of carbonyl (C=O) groups excluding carboxylic acids is 2. The van der Waals surface area contributed by atoms with Gasteiger partial charge >= 0.3 is 216 Å². The number of methoxy groups -OCH3 is 1. The van der Waals surface area contributed by atoms with Crippen LogP contribution in [-0.4, -0.2) is 36.5 Å². The molecule has 0 saturated carbocycles. The molecule has 0 radical (unpaired) electrons. The zero-order valence-corrected chi connectivity index (χ0v) is 26.6. The van der Waals surface area contributed by atoms with E-state index >= 15 is 0 Å². The van der Waals surface area contributed by atoms with Gasteiger partial charge in [-0.25, -0.2) is 0 Å². The number of esters is 1. The van der Waals surface area contributed by atoms with Crippen molar-refractivity contribution in [3.8, 4) is 0 Å². The molecule has 0 heterocycles. The van der Waals surface area contributed by atoms with Crippen LogP contribution in [0.1, 0.15) is 65.4 Å². The Morgan fingerprint density at radius 1 is 0.972 bits per heavy atom. The molecule has 2 atom stereocenters. The van der Waals surface area contributed by atoms with Crippen molar-refractivity contribution in [1.82, 2.24) is 0 Å². The first-order valence-electron chi connectivity index (χ1n) is 12.0. The van der Waals surface area contributed by atoms with Gasteiger partial charge in [0.05, 0.1) is 0 Å². The fourth-order valence-corrected chi connectivity index (χ4v) is 13.9. The molecule has 0 aliphatic carbocycles. The third kappa shape index (κ3) is 12.3. The minimum absolute atomic E-state index is 0.00211. The first-order chi connectivity index (χ1) is 16.9. The molecule has 8 heteroatoms. The van der Waals surface area contributed by atoms with Gasteiger partial charge in [0, 0.05) is 0 Å². The Kier molecular flexibility index (Phi) is 15.1. The van der Waals surface area contributed by atoms with E-state index in [1.807, 2.05) is 37.3 Å². The summed E-state index contributed by atoms with van der Waals surface area (Å²) in [5, 5.41) is 0. The first-order valence-corrected chi connectivity index (χ1v) is 20.5. The molecule has 1 aromatic rings. The Morgan fingerprint density at radius 2 is 1.53 bits per heavy atom. The van der Waals surface area contributed by atoms with E-state index < -0.39 is 56.7 Å².